The molecule has 2 rings (SSSR count). The molecule has 0 spiro atoms. The summed E-state index contributed by atoms with van der Waals surface area (Å²) in [4.78, 5) is 6.41. The first-order chi connectivity index (χ1) is 10.2. The molecule has 0 amide bonds. The monoisotopic (exact) mass is 292 g/mol. The molecule has 0 radical (unpaired) electrons. The molecule has 0 N–H and O–H groups in total. The first kappa shape index (κ1) is 15.4. The molecule has 0 saturated carbocycles. The summed E-state index contributed by atoms with van der Waals surface area (Å²) in [5.41, 5.74) is 2.08. The fourth-order valence-corrected chi connectivity index (χ4v) is 1.96. The predicted molar refractivity (Wildman–Crippen MR) is 82.5 cm³/mol. The van der Waals surface area contributed by atoms with Crippen molar-refractivity contribution in [3.05, 3.63) is 30.1 Å². The fraction of sp³-hybridized carbons (Fsp3) is 0.438. The van der Waals surface area contributed by atoms with Crippen LogP contribution in [0.25, 0.3) is 11.1 Å². The summed E-state index contributed by atoms with van der Waals surface area (Å²) in [7, 11) is 1.95. The minimum absolute atomic E-state index is 0.245. The van der Waals surface area contributed by atoms with E-state index in [0.29, 0.717) is 35.7 Å². The third-order valence-electron chi connectivity index (χ3n) is 3.27. The molecule has 4 nitrogen and oxygen atoms in total. The van der Waals surface area contributed by atoms with Crippen molar-refractivity contribution < 1.29 is 13.5 Å². The molecular formula is C16H21FN2O2. The average Bonchev–Trinajstić information content (AvgIpc) is 2.92. The van der Waals surface area contributed by atoms with Crippen molar-refractivity contribution in [3.8, 4) is 5.75 Å². The standard InChI is InChI=1S/C16H21FN2O2/c1-4-8-19(3)16-18-14-7-6-13(9-15(14)21-16)20-11-12(5-2)10-17/h6-7,9-10H,4-5,8,11H2,1-3H3/b12-10+. The second kappa shape index (κ2) is 7.11. The quantitative estimate of drug-likeness (QED) is 0.762. The Morgan fingerprint density at radius 2 is 2.24 bits per heavy atom. The molecule has 0 aliphatic heterocycles. The summed E-state index contributed by atoms with van der Waals surface area (Å²) in [5, 5.41) is 0. The largest absolute Gasteiger partial charge is 0.489 e. The Kier molecular flexibility index (Phi) is 5.20. The zero-order chi connectivity index (χ0) is 15.2. The Bertz CT molecular complexity index is 622. The highest BCUT2D eigenvalue weighted by atomic mass is 19.1. The summed E-state index contributed by atoms with van der Waals surface area (Å²) in [6, 6.07) is 6.06. The number of fused-ring (bicyclic) bond motifs is 1. The Morgan fingerprint density at radius 3 is 2.90 bits per heavy atom. The SMILES string of the molecule is CCCN(C)c1nc2ccc(OC/C(=C/F)CC)cc2o1. The molecule has 1 heterocycles. The molecular weight excluding hydrogens is 271 g/mol. The van der Waals surface area contributed by atoms with Gasteiger partial charge in [0.25, 0.3) is 6.01 Å². The van der Waals surface area contributed by atoms with Gasteiger partial charge in [0.1, 0.15) is 17.9 Å². The molecule has 1 aromatic carbocycles. The highest BCUT2D eigenvalue weighted by molar-refractivity contribution is 5.76. The van der Waals surface area contributed by atoms with Gasteiger partial charge in [0.2, 0.25) is 0 Å². The lowest BCUT2D eigenvalue weighted by Gasteiger charge is -2.11. The van der Waals surface area contributed by atoms with Crippen molar-refractivity contribution in [2.75, 3.05) is 25.1 Å². The second-order valence-corrected chi connectivity index (χ2v) is 4.96. The summed E-state index contributed by atoms with van der Waals surface area (Å²) in [5.74, 6) is 0.649. The highest BCUT2D eigenvalue weighted by Gasteiger charge is 2.10. The lowest BCUT2D eigenvalue weighted by molar-refractivity contribution is 0.345. The number of hydrogen-bond donors (Lipinski definition) is 0. The minimum atomic E-state index is 0.245. The molecule has 0 bridgehead atoms. The number of benzene rings is 1. The molecule has 114 valence electrons. The van der Waals surface area contributed by atoms with E-state index >= 15 is 0 Å². The van der Waals surface area contributed by atoms with Crippen molar-refractivity contribution in [1.82, 2.24) is 4.98 Å². The van der Waals surface area contributed by atoms with Gasteiger partial charge in [-0.3, -0.25) is 0 Å². The van der Waals surface area contributed by atoms with E-state index in [1.54, 1.807) is 6.07 Å². The van der Waals surface area contributed by atoms with Crippen LogP contribution < -0.4 is 9.64 Å². The van der Waals surface area contributed by atoms with Gasteiger partial charge in [0, 0.05) is 19.7 Å². The number of anilines is 1. The zero-order valence-corrected chi connectivity index (χ0v) is 12.7. The van der Waals surface area contributed by atoms with Crippen molar-refractivity contribution in [3.63, 3.8) is 0 Å². The highest BCUT2D eigenvalue weighted by Crippen LogP contribution is 2.25. The van der Waals surface area contributed by atoms with E-state index < -0.39 is 0 Å². The number of halogens is 1. The molecule has 5 heteroatoms. The van der Waals surface area contributed by atoms with Crippen LogP contribution in [0.3, 0.4) is 0 Å². The molecule has 0 aliphatic carbocycles. The van der Waals surface area contributed by atoms with Gasteiger partial charge in [0.05, 0.1) is 6.33 Å². The molecule has 0 atom stereocenters. The number of oxazole rings is 1. The van der Waals surface area contributed by atoms with Crippen LogP contribution in [0, 0.1) is 0 Å². The van der Waals surface area contributed by atoms with Crippen LogP contribution >= 0.6 is 0 Å². The lowest BCUT2D eigenvalue weighted by atomic mass is 10.2. The number of aromatic nitrogens is 1. The summed E-state index contributed by atoms with van der Waals surface area (Å²) in [6.45, 7) is 5.13. The van der Waals surface area contributed by atoms with E-state index in [1.165, 1.54) is 0 Å². The smallest absolute Gasteiger partial charge is 0.298 e. The topological polar surface area (TPSA) is 38.5 Å². The van der Waals surface area contributed by atoms with Gasteiger partial charge in [-0.25, -0.2) is 4.39 Å². The molecule has 21 heavy (non-hydrogen) atoms. The van der Waals surface area contributed by atoms with Crippen molar-refractivity contribution in [2.45, 2.75) is 26.7 Å². The zero-order valence-electron chi connectivity index (χ0n) is 12.7. The van der Waals surface area contributed by atoms with Crippen LogP contribution in [-0.2, 0) is 0 Å². The van der Waals surface area contributed by atoms with Crippen LogP contribution in [-0.4, -0.2) is 25.2 Å². The normalized spacial score (nSPS) is 11.9. The van der Waals surface area contributed by atoms with Crippen LogP contribution in [0.1, 0.15) is 26.7 Å². The molecule has 2 aromatic rings. The van der Waals surface area contributed by atoms with Crippen LogP contribution in [0.15, 0.2) is 34.5 Å². The summed E-state index contributed by atoms with van der Waals surface area (Å²) in [6.07, 6.45) is 2.26. The maximum atomic E-state index is 12.5. The van der Waals surface area contributed by atoms with Crippen LogP contribution in [0.2, 0.25) is 0 Å². The third-order valence-corrected chi connectivity index (χ3v) is 3.27. The number of rotatable bonds is 7. The molecule has 0 unspecified atom stereocenters. The maximum absolute atomic E-state index is 12.5. The van der Waals surface area contributed by atoms with Gasteiger partial charge in [-0.2, -0.15) is 4.98 Å². The molecule has 0 saturated heterocycles. The van der Waals surface area contributed by atoms with Crippen molar-refractivity contribution >= 4 is 17.1 Å². The Hall–Kier alpha value is -2.04. The van der Waals surface area contributed by atoms with Gasteiger partial charge in [-0.15, -0.1) is 0 Å². The maximum Gasteiger partial charge on any atom is 0.298 e. The first-order valence-corrected chi connectivity index (χ1v) is 7.20. The lowest BCUT2D eigenvalue weighted by Crippen LogP contribution is -2.17. The summed E-state index contributed by atoms with van der Waals surface area (Å²) < 4.78 is 23.8. The van der Waals surface area contributed by atoms with Gasteiger partial charge in [-0.05, 0) is 30.5 Å². The minimum Gasteiger partial charge on any atom is -0.489 e. The van der Waals surface area contributed by atoms with Crippen molar-refractivity contribution in [2.24, 2.45) is 0 Å². The molecule has 0 aliphatic rings. The van der Waals surface area contributed by atoms with Crippen molar-refractivity contribution in [1.29, 1.82) is 0 Å². The van der Waals surface area contributed by atoms with E-state index in [1.807, 2.05) is 31.0 Å². The number of nitrogens with zero attached hydrogens (tertiary/aromatic N) is 2. The Labute approximate surface area is 124 Å². The van der Waals surface area contributed by atoms with E-state index in [-0.39, 0.29) is 6.61 Å². The number of hydrogen-bond acceptors (Lipinski definition) is 4. The van der Waals surface area contributed by atoms with Gasteiger partial charge in [0.15, 0.2) is 5.58 Å². The van der Waals surface area contributed by atoms with E-state index in [0.717, 1.165) is 18.5 Å². The van der Waals surface area contributed by atoms with Gasteiger partial charge in [-0.1, -0.05) is 13.8 Å². The van der Waals surface area contributed by atoms with E-state index in [9.17, 15) is 4.39 Å². The second-order valence-electron chi connectivity index (χ2n) is 4.96. The fourth-order valence-electron chi connectivity index (χ4n) is 1.96. The predicted octanol–water partition coefficient (Wildman–Crippen LogP) is 4.32. The number of ether oxygens (including phenoxy) is 1. The van der Waals surface area contributed by atoms with Gasteiger partial charge >= 0.3 is 0 Å². The summed E-state index contributed by atoms with van der Waals surface area (Å²) >= 11 is 0. The molecule has 1 aromatic heterocycles. The Balaban J connectivity index is 2.14. The average molecular weight is 292 g/mol. The third kappa shape index (κ3) is 3.74. The van der Waals surface area contributed by atoms with Crippen LogP contribution in [0.4, 0.5) is 10.4 Å². The van der Waals surface area contributed by atoms with Gasteiger partial charge < -0.3 is 14.1 Å². The van der Waals surface area contributed by atoms with E-state index in [4.69, 9.17) is 9.15 Å². The Morgan fingerprint density at radius 1 is 1.43 bits per heavy atom. The molecule has 0 fully saturated rings. The van der Waals surface area contributed by atoms with Crippen LogP contribution in [0.5, 0.6) is 5.75 Å². The first-order valence-electron chi connectivity index (χ1n) is 7.20. The van der Waals surface area contributed by atoms with E-state index in [2.05, 4.69) is 11.9 Å².